The molecule has 8 N–H and O–H groups in total. The Morgan fingerprint density at radius 3 is 1.94 bits per heavy atom. The molecular weight excluding hydrogens is 426 g/mol. The number of thioether (sulfide) groups is 1. The SMILES string of the molecule is CCC(C)C(N)C(=O)NC(CCC(N)=O)C(=O)NC(CCSC)C(=O)NC(C)C(=O)O. The molecule has 0 fully saturated rings. The normalized spacial score (nSPS) is 15.6. The standard InChI is InChI=1S/C19H35N5O6S/c1-5-10(2)15(21)18(28)24-12(6-7-14(20)25)17(27)23-13(8-9-31-4)16(26)22-11(3)19(29)30/h10-13,15H,5-9,21H2,1-4H3,(H2,20,25)(H,22,26)(H,23,27)(H,24,28)(H,29,30). The summed E-state index contributed by atoms with van der Waals surface area (Å²) in [6.45, 7) is 4.98. The van der Waals surface area contributed by atoms with Gasteiger partial charge in [0.2, 0.25) is 23.6 Å². The van der Waals surface area contributed by atoms with E-state index in [4.69, 9.17) is 16.6 Å². The Morgan fingerprint density at radius 1 is 0.935 bits per heavy atom. The fraction of sp³-hybridized carbons (Fsp3) is 0.737. The van der Waals surface area contributed by atoms with E-state index in [0.29, 0.717) is 12.2 Å². The first-order valence-electron chi connectivity index (χ1n) is 10.1. The van der Waals surface area contributed by atoms with Crippen molar-refractivity contribution in [1.82, 2.24) is 16.0 Å². The van der Waals surface area contributed by atoms with Crippen molar-refractivity contribution in [2.45, 2.75) is 70.6 Å². The Balaban J connectivity index is 5.40. The second kappa shape index (κ2) is 14.6. The minimum absolute atomic E-state index is 0.0669. The number of nitrogens with two attached hydrogens (primary N) is 2. The number of carbonyl (C=O) groups is 5. The van der Waals surface area contributed by atoms with Gasteiger partial charge in [0.25, 0.3) is 0 Å². The van der Waals surface area contributed by atoms with E-state index >= 15 is 0 Å². The van der Waals surface area contributed by atoms with Crippen LogP contribution >= 0.6 is 11.8 Å². The Hall–Kier alpha value is -2.34. The maximum atomic E-state index is 12.8. The molecule has 5 atom stereocenters. The van der Waals surface area contributed by atoms with Gasteiger partial charge in [-0.05, 0) is 37.7 Å². The minimum atomic E-state index is -1.21. The molecule has 0 rings (SSSR count). The lowest BCUT2D eigenvalue weighted by atomic mass is 9.98. The summed E-state index contributed by atoms with van der Waals surface area (Å²) in [5, 5.41) is 16.4. The molecule has 0 aromatic carbocycles. The van der Waals surface area contributed by atoms with Gasteiger partial charge in [-0.2, -0.15) is 11.8 Å². The van der Waals surface area contributed by atoms with Crippen LogP contribution in [-0.4, -0.2) is 70.9 Å². The van der Waals surface area contributed by atoms with E-state index in [1.165, 1.54) is 18.7 Å². The highest BCUT2D eigenvalue weighted by molar-refractivity contribution is 7.98. The summed E-state index contributed by atoms with van der Waals surface area (Å²) in [6, 6.07) is -4.13. The van der Waals surface area contributed by atoms with Crippen LogP contribution < -0.4 is 27.4 Å². The number of hydrogen-bond acceptors (Lipinski definition) is 7. The molecule has 4 amide bonds. The molecule has 0 bridgehead atoms. The molecule has 5 unspecified atom stereocenters. The van der Waals surface area contributed by atoms with E-state index in [1.807, 2.05) is 13.2 Å². The molecule has 0 radical (unpaired) electrons. The average Bonchev–Trinajstić information content (AvgIpc) is 2.71. The van der Waals surface area contributed by atoms with Gasteiger partial charge in [0, 0.05) is 6.42 Å². The maximum absolute atomic E-state index is 12.8. The molecule has 31 heavy (non-hydrogen) atoms. The summed E-state index contributed by atoms with van der Waals surface area (Å²) >= 11 is 1.45. The van der Waals surface area contributed by atoms with Crippen molar-refractivity contribution in [1.29, 1.82) is 0 Å². The molecule has 0 heterocycles. The Bertz CT molecular complexity index is 647. The van der Waals surface area contributed by atoms with Gasteiger partial charge in [0.05, 0.1) is 6.04 Å². The summed E-state index contributed by atoms with van der Waals surface area (Å²) in [5.74, 6) is -3.36. The number of hydrogen-bond donors (Lipinski definition) is 6. The van der Waals surface area contributed by atoms with Crippen LogP contribution in [0.2, 0.25) is 0 Å². The Kier molecular flexibility index (Phi) is 13.5. The van der Waals surface area contributed by atoms with Gasteiger partial charge < -0.3 is 32.5 Å². The summed E-state index contributed by atoms with van der Waals surface area (Å²) in [4.78, 5) is 59.9. The van der Waals surface area contributed by atoms with Crippen molar-refractivity contribution >= 4 is 41.4 Å². The molecule has 12 heteroatoms. The third-order valence-electron chi connectivity index (χ3n) is 4.84. The zero-order valence-electron chi connectivity index (χ0n) is 18.5. The molecule has 178 valence electrons. The first-order chi connectivity index (χ1) is 14.4. The van der Waals surface area contributed by atoms with Gasteiger partial charge in [-0.15, -0.1) is 0 Å². The third-order valence-corrected chi connectivity index (χ3v) is 5.49. The van der Waals surface area contributed by atoms with E-state index in [9.17, 15) is 24.0 Å². The number of primary amides is 1. The van der Waals surface area contributed by atoms with Crippen LogP contribution in [0.1, 0.15) is 46.5 Å². The number of amides is 4. The minimum Gasteiger partial charge on any atom is -0.480 e. The molecule has 0 aliphatic heterocycles. The summed E-state index contributed by atoms with van der Waals surface area (Å²) < 4.78 is 0. The van der Waals surface area contributed by atoms with Crippen molar-refractivity contribution < 1.29 is 29.1 Å². The van der Waals surface area contributed by atoms with Gasteiger partial charge >= 0.3 is 5.97 Å². The molecule has 0 spiro atoms. The van der Waals surface area contributed by atoms with E-state index in [1.54, 1.807) is 6.92 Å². The quantitative estimate of drug-likeness (QED) is 0.177. The number of carboxylic acids is 1. The van der Waals surface area contributed by atoms with Gasteiger partial charge in [-0.25, -0.2) is 0 Å². The topological polar surface area (TPSA) is 194 Å². The number of aliphatic carboxylic acids is 1. The van der Waals surface area contributed by atoms with E-state index < -0.39 is 53.8 Å². The van der Waals surface area contributed by atoms with Gasteiger partial charge in [0.1, 0.15) is 18.1 Å². The molecule has 0 aromatic heterocycles. The highest BCUT2D eigenvalue weighted by Gasteiger charge is 2.30. The smallest absolute Gasteiger partial charge is 0.325 e. The summed E-state index contributed by atoms with van der Waals surface area (Å²) in [7, 11) is 0. The Morgan fingerprint density at radius 2 is 1.45 bits per heavy atom. The highest BCUT2D eigenvalue weighted by Crippen LogP contribution is 2.08. The van der Waals surface area contributed by atoms with E-state index in [2.05, 4.69) is 16.0 Å². The third kappa shape index (κ3) is 11.0. The second-order valence-corrected chi connectivity index (χ2v) is 8.37. The van der Waals surface area contributed by atoms with Crippen LogP contribution in [0.3, 0.4) is 0 Å². The molecule has 0 saturated carbocycles. The number of nitrogens with one attached hydrogen (secondary N) is 3. The fourth-order valence-electron chi connectivity index (χ4n) is 2.49. The predicted octanol–water partition coefficient (Wildman–Crippen LogP) is -1.06. The van der Waals surface area contributed by atoms with Crippen LogP contribution in [-0.2, 0) is 24.0 Å². The predicted molar refractivity (Wildman–Crippen MR) is 118 cm³/mol. The fourth-order valence-corrected chi connectivity index (χ4v) is 2.96. The van der Waals surface area contributed by atoms with Crippen LogP contribution in [0, 0.1) is 5.92 Å². The number of carboxylic acid groups (broad SMARTS) is 1. The van der Waals surface area contributed by atoms with Crippen LogP contribution in [0.4, 0.5) is 0 Å². The van der Waals surface area contributed by atoms with E-state index in [-0.39, 0.29) is 25.2 Å². The van der Waals surface area contributed by atoms with Crippen molar-refractivity contribution in [3.63, 3.8) is 0 Å². The van der Waals surface area contributed by atoms with Crippen molar-refractivity contribution in [2.24, 2.45) is 17.4 Å². The number of rotatable bonds is 15. The monoisotopic (exact) mass is 461 g/mol. The van der Waals surface area contributed by atoms with E-state index in [0.717, 1.165) is 0 Å². The lowest BCUT2D eigenvalue weighted by Crippen LogP contribution is -2.57. The van der Waals surface area contributed by atoms with Crippen LogP contribution in [0.15, 0.2) is 0 Å². The maximum Gasteiger partial charge on any atom is 0.325 e. The molecule has 0 aliphatic rings. The second-order valence-electron chi connectivity index (χ2n) is 7.39. The van der Waals surface area contributed by atoms with Crippen LogP contribution in [0.5, 0.6) is 0 Å². The molecule has 0 aromatic rings. The number of carbonyl (C=O) groups excluding carboxylic acids is 4. The van der Waals surface area contributed by atoms with Crippen LogP contribution in [0.25, 0.3) is 0 Å². The van der Waals surface area contributed by atoms with Gasteiger partial charge in [0.15, 0.2) is 0 Å². The van der Waals surface area contributed by atoms with Crippen molar-refractivity contribution in [3.8, 4) is 0 Å². The zero-order valence-corrected chi connectivity index (χ0v) is 19.3. The molecule has 11 nitrogen and oxygen atoms in total. The van der Waals surface area contributed by atoms with Crippen molar-refractivity contribution in [2.75, 3.05) is 12.0 Å². The first-order valence-corrected chi connectivity index (χ1v) is 11.5. The average molecular weight is 462 g/mol. The van der Waals surface area contributed by atoms with Gasteiger partial charge in [-0.1, -0.05) is 20.3 Å². The lowest BCUT2D eigenvalue weighted by Gasteiger charge is -2.25. The summed E-state index contributed by atoms with van der Waals surface area (Å²) in [6.07, 6.45) is 2.50. The first kappa shape index (κ1) is 28.7. The van der Waals surface area contributed by atoms with Gasteiger partial charge in [-0.3, -0.25) is 24.0 Å². The van der Waals surface area contributed by atoms with Crippen molar-refractivity contribution in [3.05, 3.63) is 0 Å². The highest BCUT2D eigenvalue weighted by atomic mass is 32.2. The largest absolute Gasteiger partial charge is 0.480 e. The summed E-state index contributed by atoms with van der Waals surface area (Å²) in [5.41, 5.74) is 11.1. The molecular formula is C19H35N5O6S. The molecule has 0 aliphatic carbocycles. The Labute approximate surface area is 186 Å². The zero-order chi connectivity index (χ0) is 24.1. The molecule has 0 saturated heterocycles. The lowest BCUT2D eigenvalue weighted by molar-refractivity contribution is -0.141.